The molecule has 0 bridgehead atoms. The molecule has 17 heavy (non-hydrogen) atoms. The van der Waals surface area contributed by atoms with Gasteiger partial charge in [-0.05, 0) is 12.8 Å². The van der Waals surface area contributed by atoms with Crippen molar-refractivity contribution < 1.29 is 4.74 Å². The van der Waals surface area contributed by atoms with Gasteiger partial charge in [0.15, 0.2) is 5.82 Å². The fourth-order valence-electron chi connectivity index (χ4n) is 1.45. The summed E-state index contributed by atoms with van der Waals surface area (Å²) in [6, 6.07) is 0. The van der Waals surface area contributed by atoms with Crippen molar-refractivity contribution >= 4 is 5.82 Å². The normalized spacial score (nSPS) is 10.4. The summed E-state index contributed by atoms with van der Waals surface area (Å²) in [6.45, 7) is 10.5. The van der Waals surface area contributed by atoms with Crippen molar-refractivity contribution in [2.75, 3.05) is 12.0 Å². The van der Waals surface area contributed by atoms with E-state index in [9.17, 15) is 0 Å². The zero-order valence-electron chi connectivity index (χ0n) is 10.7. The van der Waals surface area contributed by atoms with Crippen molar-refractivity contribution in [2.24, 2.45) is 5.84 Å². The van der Waals surface area contributed by atoms with Gasteiger partial charge >= 0.3 is 0 Å². The van der Waals surface area contributed by atoms with Crippen molar-refractivity contribution in [3.63, 3.8) is 0 Å². The van der Waals surface area contributed by atoms with Gasteiger partial charge < -0.3 is 10.2 Å². The molecule has 1 rings (SSSR count). The second kappa shape index (κ2) is 6.20. The van der Waals surface area contributed by atoms with E-state index in [1.165, 1.54) is 6.33 Å². The molecule has 0 aliphatic rings. The van der Waals surface area contributed by atoms with Crippen molar-refractivity contribution in [2.45, 2.75) is 33.1 Å². The second-order valence-corrected chi connectivity index (χ2v) is 4.30. The summed E-state index contributed by atoms with van der Waals surface area (Å²) in [6.07, 6.45) is 2.25. The Balaban J connectivity index is 2.86. The molecule has 1 aromatic rings. The van der Waals surface area contributed by atoms with Crippen LogP contribution in [-0.4, -0.2) is 16.6 Å². The first kappa shape index (κ1) is 13.4. The van der Waals surface area contributed by atoms with Gasteiger partial charge in [-0.25, -0.2) is 15.8 Å². The van der Waals surface area contributed by atoms with Crippen LogP contribution in [0.3, 0.4) is 0 Å². The Morgan fingerprint density at radius 3 is 2.76 bits per heavy atom. The monoisotopic (exact) mass is 236 g/mol. The molecule has 5 nitrogen and oxygen atoms in total. The summed E-state index contributed by atoms with van der Waals surface area (Å²) in [5.41, 5.74) is 4.55. The largest absolute Gasteiger partial charge is 0.477 e. The van der Waals surface area contributed by atoms with Crippen molar-refractivity contribution in [3.05, 3.63) is 24.0 Å². The number of ether oxygens (including phenoxy) is 1. The van der Waals surface area contributed by atoms with E-state index in [2.05, 4.69) is 22.0 Å². The number of nitrogens with zero attached hydrogens (tertiary/aromatic N) is 2. The lowest BCUT2D eigenvalue weighted by atomic mass is 10.1. The summed E-state index contributed by atoms with van der Waals surface area (Å²) >= 11 is 0. The molecule has 3 N–H and O–H groups in total. The number of nitrogens with one attached hydrogen (secondary N) is 1. The molecule has 5 heteroatoms. The molecule has 0 saturated heterocycles. The lowest BCUT2D eigenvalue weighted by molar-refractivity contribution is 0.304. The lowest BCUT2D eigenvalue weighted by Crippen LogP contribution is -2.14. The lowest BCUT2D eigenvalue weighted by Gasteiger charge is -2.15. The van der Waals surface area contributed by atoms with Gasteiger partial charge in [0.2, 0.25) is 5.88 Å². The van der Waals surface area contributed by atoms with Gasteiger partial charge in [-0.15, -0.1) is 6.58 Å². The average Bonchev–Trinajstić information content (AvgIpc) is 2.27. The minimum absolute atomic E-state index is 0.238. The van der Waals surface area contributed by atoms with Crippen LogP contribution < -0.4 is 16.0 Å². The number of anilines is 1. The minimum atomic E-state index is 0.238. The average molecular weight is 236 g/mol. The Hall–Kier alpha value is -1.62. The van der Waals surface area contributed by atoms with Gasteiger partial charge in [0.1, 0.15) is 6.33 Å². The third kappa shape index (κ3) is 3.71. The predicted molar refractivity (Wildman–Crippen MR) is 68.9 cm³/mol. The van der Waals surface area contributed by atoms with Crippen LogP contribution in [0.2, 0.25) is 0 Å². The van der Waals surface area contributed by atoms with E-state index < -0.39 is 0 Å². The highest BCUT2D eigenvalue weighted by Crippen LogP contribution is 2.29. The van der Waals surface area contributed by atoms with Crippen LogP contribution in [0.1, 0.15) is 38.7 Å². The van der Waals surface area contributed by atoms with Gasteiger partial charge in [-0.2, -0.15) is 0 Å². The van der Waals surface area contributed by atoms with E-state index in [0.717, 1.165) is 17.6 Å². The highest BCUT2D eigenvalue weighted by molar-refractivity contribution is 5.49. The maximum Gasteiger partial charge on any atom is 0.222 e. The number of hydrogen-bond donors (Lipinski definition) is 2. The van der Waals surface area contributed by atoms with Gasteiger partial charge in [0.25, 0.3) is 0 Å². The molecule has 0 aliphatic heterocycles. The third-order valence-corrected chi connectivity index (χ3v) is 2.33. The van der Waals surface area contributed by atoms with Crippen LogP contribution in [0, 0.1) is 0 Å². The summed E-state index contributed by atoms with van der Waals surface area (Å²) < 4.78 is 5.64. The molecule has 0 unspecified atom stereocenters. The summed E-state index contributed by atoms with van der Waals surface area (Å²) in [7, 11) is 0. The number of aromatic nitrogens is 2. The Bertz CT molecular complexity index is 390. The smallest absolute Gasteiger partial charge is 0.222 e. The van der Waals surface area contributed by atoms with Crippen LogP contribution >= 0.6 is 0 Å². The van der Waals surface area contributed by atoms with Crippen molar-refractivity contribution in [1.82, 2.24) is 9.97 Å². The molecule has 0 spiro atoms. The van der Waals surface area contributed by atoms with Gasteiger partial charge in [0, 0.05) is 6.42 Å². The number of rotatable bonds is 6. The standard InChI is InChI=1S/C12H20N4O/c1-8(2)5-6-17-12-10(9(3)4)11(16-13)14-7-15-12/h7,9H,1,5-6,13H2,2-4H3,(H,14,15,16). The van der Waals surface area contributed by atoms with Crippen molar-refractivity contribution in [3.8, 4) is 5.88 Å². The third-order valence-electron chi connectivity index (χ3n) is 2.33. The molecule has 1 heterocycles. The number of hydrazine groups is 1. The van der Waals surface area contributed by atoms with E-state index in [0.29, 0.717) is 18.3 Å². The number of hydrogen-bond acceptors (Lipinski definition) is 5. The number of nitrogens with two attached hydrogens (primary N) is 1. The zero-order chi connectivity index (χ0) is 12.8. The molecular weight excluding hydrogens is 216 g/mol. The topological polar surface area (TPSA) is 73.1 Å². The molecule has 0 aromatic carbocycles. The summed E-state index contributed by atoms with van der Waals surface area (Å²) in [4.78, 5) is 8.22. The molecule has 0 fully saturated rings. The quantitative estimate of drug-likeness (QED) is 0.450. The number of nitrogen functional groups attached to an aromatic ring is 1. The molecule has 1 aromatic heterocycles. The minimum Gasteiger partial charge on any atom is -0.477 e. The Morgan fingerprint density at radius 1 is 1.53 bits per heavy atom. The van der Waals surface area contributed by atoms with E-state index in [4.69, 9.17) is 10.6 Å². The first-order valence-electron chi connectivity index (χ1n) is 5.65. The second-order valence-electron chi connectivity index (χ2n) is 4.30. The van der Waals surface area contributed by atoms with Crippen LogP contribution in [0.4, 0.5) is 5.82 Å². The molecular formula is C12H20N4O. The van der Waals surface area contributed by atoms with E-state index >= 15 is 0 Å². The van der Waals surface area contributed by atoms with E-state index in [1.54, 1.807) is 0 Å². The molecule has 0 radical (unpaired) electrons. The predicted octanol–water partition coefficient (Wildman–Crippen LogP) is 2.23. The summed E-state index contributed by atoms with van der Waals surface area (Å²) in [5, 5.41) is 0. The fourth-order valence-corrected chi connectivity index (χ4v) is 1.45. The first-order chi connectivity index (χ1) is 8.06. The van der Waals surface area contributed by atoms with E-state index in [1.807, 2.05) is 20.8 Å². The van der Waals surface area contributed by atoms with Crippen LogP contribution in [-0.2, 0) is 0 Å². The molecule has 0 saturated carbocycles. The van der Waals surface area contributed by atoms with Crippen LogP contribution in [0.15, 0.2) is 18.5 Å². The van der Waals surface area contributed by atoms with Gasteiger partial charge in [-0.3, -0.25) is 0 Å². The SMILES string of the molecule is C=C(C)CCOc1ncnc(NN)c1C(C)C. The Kier molecular flexibility index (Phi) is 4.90. The fraction of sp³-hybridized carbons (Fsp3) is 0.500. The Morgan fingerprint density at radius 2 is 2.24 bits per heavy atom. The Labute approximate surface area is 102 Å². The molecule has 0 atom stereocenters. The van der Waals surface area contributed by atoms with Gasteiger partial charge in [-0.1, -0.05) is 19.4 Å². The molecule has 0 amide bonds. The maximum atomic E-state index is 5.64. The van der Waals surface area contributed by atoms with Gasteiger partial charge in [0.05, 0.1) is 12.2 Å². The maximum absolute atomic E-state index is 5.64. The summed E-state index contributed by atoms with van der Waals surface area (Å²) in [5.74, 6) is 6.86. The zero-order valence-corrected chi connectivity index (χ0v) is 10.7. The first-order valence-corrected chi connectivity index (χ1v) is 5.65. The highest BCUT2D eigenvalue weighted by atomic mass is 16.5. The molecule has 0 aliphatic carbocycles. The van der Waals surface area contributed by atoms with Crippen molar-refractivity contribution in [1.29, 1.82) is 0 Å². The van der Waals surface area contributed by atoms with Crippen LogP contribution in [0.5, 0.6) is 5.88 Å². The van der Waals surface area contributed by atoms with Crippen LogP contribution in [0.25, 0.3) is 0 Å². The molecule has 94 valence electrons. The highest BCUT2D eigenvalue weighted by Gasteiger charge is 2.15. The van der Waals surface area contributed by atoms with E-state index in [-0.39, 0.29) is 5.92 Å².